The van der Waals surface area contributed by atoms with Crippen LogP contribution in [0, 0.1) is 5.82 Å². The van der Waals surface area contributed by atoms with E-state index in [0.29, 0.717) is 11.6 Å². The summed E-state index contributed by atoms with van der Waals surface area (Å²) in [7, 11) is 0. The van der Waals surface area contributed by atoms with Gasteiger partial charge < -0.3 is 15.5 Å². The molecule has 0 saturated heterocycles. The Morgan fingerprint density at radius 3 is 2.88 bits per heavy atom. The number of aromatic nitrogens is 2. The Labute approximate surface area is 95.4 Å². The van der Waals surface area contributed by atoms with Crippen molar-refractivity contribution in [3.63, 3.8) is 0 Å². The standard InChI is InChI=1S/C9H8ClFN4O/c10-6-3-5(1-2-7(6)11)13-9-15-14-8(4-12)16-9/h1-3H,4,12H2,(H,13,15). The molecule has 0 radical (unpaired) electrons. The van der Waals surface area contributed by atoms with Crippen molar-refractivity contribution in [2.45, 2.75) is 6.54 Å². The molecular weight excluding hydrogens is 235 g/mol. The van der Waals surface area contributed by atoms with Crippen LogP contribution in [0.15, 0.2) is 22.6 Å². The topological polar surface area (TPSA) is 77.0 Å². The molecule has 0 fully saturated rings. The van der Waals surface area contributed by atoms with Gasteiger partial charge in [0.1, 0.15) is 5.82 Å². The number of halogens is 2. The zero-order chi connectivity index (χ0) is 11.5. The van der Waals surface area contributed by atoms with Gasteiger partial charge >= 0.3 is 6.01 Å². The van der Waals surface area contributed by atoms with Gasteiger partial charge in [0.05, 0.1) is 11.6 Å². The average Bonchev–Trinajstić information content (AvgIpc) is 2.71. The van der Waals surface area contributed by atoms with Crippen molar-refractivity contribution in [2.75, 3.05) is 5.32 Å². The minimum atomic E-state index is -0.486. The van der Waals surface area contributed by atoms with E-state index in [0.717, 1.165) is 0 Å². The number of nitrogens with zero attached hydrogens (tertiary/aromatic N) is 2. The van der Waals surface area contributed by atoms with Gasteiger partial charge in [0.2, 0.25) is 5.89 Å². The second kappa shape index (κ2) is 4.46. The lowest BCUT2D eigenvalue weighted by Crippen LogP contribution is -1.95. The molecule has 84 valence electrons. The zero-order valence-electron chi connectivity index (χ0n) is 8.08. The van der Waals surface area contributed by atoms with E-state index < -0.39 is 5.82 Å². The van der Waals surface area contributed by atoms with Gasteiger partial charge in [-0.15, -0.1) is 5.10 Å². The second-order valence-electron chi connectivity index (χ2n) is 2.96. The Kier molecular flexibility index (Phi) is 3.02. The van der Waals surface area contributed by atoms with Gasteiger partial charge in [0.15, 0.2) is 0 Å². The smallest absolute Gasteiger partial charge is 0.320 e. The molecule has 0 atom stereocenters. The predicted octanol–water partition coefficient (Wildman–Crippen LogP) is 2.06. The van der Waals surface area contributed by atoms with Crippen molar-refractivity contribution in [3.8, 4) is 0 Å². The third kappa shape index (κ3) is 2.29. The minimum absolute atomic E-state index is 0.0172. The van der Waals surface area contributed by atoms with Gasteiger partial charge in [0.25, 0.3) is 0 Å². The fourth-order valence-corrected chi connectivity index (χ4v) is 1.26. The molecule has 1 heterocycles. The monoisotopic (exact) mass is 242 g/mol. The lowest BCUT2D eigenvalue weighted by atomic mass is 10.3. The summed E-state index contributed by atoms with van der Waals surface area (Å²) in [4.78, 5) is 0. The molecule has 2 aromatic rings. The molecule has 2 rings (SSSR count). The Morgan fingerprint density at radius 1 is 1.44 bits per heavy atom. The summed E-state index contributed by atoms with van der Waals surface area (Å²) in [6.07, 6.45) is 0. The van der Waals surface area contributed by atoms with Crippen molar-refractivity contribution in [1.29, 1.82) is 0 Å². The number of hydrogen-bond donors (Lipinski definition) is 2. The van der Waals surface area contributed by atoms with E-state index in [1.165, 1.54) is 18.2 Å². The summed E-state index contributed by atoms with van der Waals surface area (Å²) in [5, 5.41) is 10.1. The number of rotatable bonds is 3. The molecule has 0 bridgehead atoms. The second-order valence-corrected chi connectivity index (χ2v) is 3.37. The average molecular weight is 243 g/mol. The molecule has 0 aliphatic rings. The third-order valence-corrected chi connectivity index (χ3v) is 2.10. The van der Waals surface area contributed by atoms with Crippen LogP contribution in [-0.2, 0) is 6.54 Å². The molecule has 16 heavy (non-hydrogen) atoms. The predicted molar refractivity (Wildman–Crippen MR) is 56.9 cm³/mol. The first-order valence-corrected chi connectivity index (χ1v) is 4.81. The van der Waals surface area contributed by atoms with Crippen molar-refractivity contribution in [1.82, 2.24) is 10.2 Å². The van der Waals surface area contributed by atoms with Crippen LogP contribution in [0.25, 0.3) is 0 Å². The molecule has 0 amide bonds. The lowest BCUT2D eigenvalue weighted by molar-refractivity contribution is 0.511. The Balaban J connectivity index is 2.17. The van der Waals surface area contributed by atoms with E-state index >= 15 is 0 Å². The molecule has 0 unspecified atom stereocenters. The number of nitrogens with two attached hydrogens (primary N) is 1. The van der Waals surface area contributed by atoms with Crippen molar-refractivity contribution < 1.29 is 8.81 Å². The lowest BCUT2D eigenvalue weighted by Gasteiger charge is -2.01. The van der Waals surface area contributed by atoms with Crippen LogP contribution in [-0.4, -0.2) is 10.2 Å². The van der Waals surface area contributed by atoms with Crippen molar-refractivity contribution in [3.05, 3.63) is 34.9 Å². The minimum Gasteiger partial charge on any atom is -0.406 e. The Bertz CT molecular complexity index is 502. The number of hydrogen-bond acceptors (Lipinski definition) is 5. The van der Waals surface area contributed by atoms with Gasteiger partial charge in [0, 0.05) is 5.69 Å². The fraction of sp³-hybridized carbons (Fsp3) is 0.111. The molecule has 1 aromatic carbocycles. The fourth-order valence-electron chi connectivity index (χ4n) is 1.08. The maximum absolute atomic E-state index is 12.9. The molecule has 0 aliphatic carbocycles. The molecule has 5 nitrogen and oxygen atoms in total. The van der Waals surface area contributed by atoms with E-state index in [9.17, 15) is 4.39 Å². The van der Waals surface area contributed by atoms with Gasteiger partial charge in [-0.2, -0.15) is 0 Å². The van der Waals surface area contributed by atoms with Crippen LogP contribution in [0.3, 0.4) is 0 Å². The quantitative estimate of drug-likeness (QED) is 0.862. The summed E-state index contributed by atoms with van der Waals surface area (Å²) >= 11 is 5.61. The van der Waals surface area contributed by atoms with Gasteiger partial charge in [-0.1, -0.05) is 16.7 Å². The highest BCUT2D eigenvalue weighted by Gasteiger charge is 2.06. The first-order chi connectivity index (χ1) is 7.69. The molecule has 0 saturated carbocycles. The first-order valence-electron chi connectivity index (χ1n) is 4.43. The maximum Gasteiger partial charge on any atom is 0.320 e. The van der Waals surface area contributed by atoms with Crippen LogP contribution in [0.4, 0.5) is 16.1 Å². The van der Waals surface area contributed by atoms with Crippen LogP contribution in [0.2, 0.25) is 5.02 Å². The van der Waals surface area contributed by atoms with Crippen molar-refractivity contribution >= 4 is 23.3 Å². The van der Waals surface area contributed by atoms with E-state index in [1.807, 2.05) is 0 Å². The van der Waals surface area contributed by atoms with Gasteiger partial charge in [-0.25, -0.2) is 4.39 Å². The van der Waals surface area contributed by atoms with Crippen LogP contribution in [0.5, 0.6) is 0 Å². The summed E-state index contributed by atoms with van der Waals surface area (Å²) < 4.78 is 18.0. The van der Waals surface area contributed by atoms with E-state index in [2.05, 4.69) is 15.5 Å². The van der Waals surface area contributed by atoms with E-state index in [1.54, 1.807) is 0 Å². The van der Waals surface area contributed by atoms with Crippen LogP contribution >= 0.6 is 11.6 Å². The zero-order valence-corrected chi connectivity index (χ0v) is 8.83. The molecular formula is C9H8ClFN4O. The first kappa shape index (κ1) is 10.8. The highest BCUT2D eigenvalue weighted by Crippen LogP contribution is 2.21. The van der Waals surface area contributed by atoms with Gasteiger partial charge in [-0.05, 0) is 18.2 Å². The molecule has 0 aliphatic heterocycles. The van der Waals surface area contributed by atoms with E-state index in [4.69, 9.17) is 21.8 Å². The number of nitrogens with one attached hydrogen (secondary N) is 1. The highest BCUT2D eigenvalue weighted by molar-refractivity contribution is 6.31. The van der Waals surface area contributed by atoms with Crippen LogP contribution in [0.1, 0.15) is 5.89 Å². The summed E-state index contributed by atoms with van der Waals surface area (Å²) in [5.74, 6) is -0.170. The van der Waals surface area contributed by atoms with E-state index in [-0.39, 0.29) is 17.6 Å². The molecule has 3 N–H and O–H groups in total. The number of anilines is 2. The molecule has 1 aromatic heterocycles. The summed E-state index contributed by atoms with van der Waals surface area (Å²) in [5.41, 5.74) is 5.86. The largest absolute Gasteiger partial charge is 0.406 e. The number of benzene rings is 1. The summed E-state index contributed by atoms with van der Waals surface area (Å²) in [6, 6.07) is 4.35. The Morgan fingerprint density at radius 2 is 2.25 bits per heavy atom. The van der Waals surface area contributed by atoms with Gasteiger partial charge in [-0.3, -0.25) is 0 Å². The molecule has 0 spiro atoms. The van der Waals surface area contributed by atoms with Crippen molar-refractivity contribution in [2.24, 2.45) is 5.73 Å². The third-order valence-electron chi connectivity index (χ3n) is 1.81. The SMILES string of the molecule is NCc1nnc(Nc2ccc(F)c(Cl)c2)o1. The normalized spacial score (nSPS) is 10.4. The molecule has 7 heteroatoms. The van der Waals surface area contributed by atoms with Crippen LogP contribution < -0.4 is 11.1 Å². The maximum atomic E-state index is 12.9. The highest BCUT2D eigenvalue weighted by atomic mass is 35.5. The Hall–Kier alpha value is -1.66. The summed E-state index contributed by atoms with van der Waals surface area (Å²) in [6.45, 7) is 0.166.